The molecule has 0 aliphatic rings. The molecule has 1 rings (SSSR count). The molecule has 0 aromatic heterocycles. The third kappa shape index (κ3) is 8.15. The summed E-state index contributed by atoms with van der Waals surface area (Å²) in [4.78, 5) is 10.6. The highest BCUT2D eigenvalue weighted by atomic mass is 32.2. The van der Waals surface area contributed by atoms with Crippen molar-refractivity contribution in [2.45, 2.75) is 50.8 Å². The molecule has 0 aliphatic heterocycles. The molecule has 1 aromatic rings. The number of unbranched alkanes of at least 4 members (excludes halogenated alkanes) is 3. The molecule has 1 aromatic carbocycles. The van der Waals surface area contributed by atoms with Gasteiger partial charge in [0.05, 0.1) is 0 Å². The van der Waals surface area contributed by atoms with E-state index >= 15 is 0 Å². The first-order chi connectivity index (χ1) is 9.42. The molecule has 0 bridgehead atoms. The van der Waals surface area contributed by atoms with E-state index in [9.17, 15) is 13.6 Å². The van der Waals surface area contributed by atoms with Gasteiger partial charge in [-0.05, 0) is 25.7 Å². The summed E-state index contributed by atoms with van der Waals surface area (Å²) < 4.78 is 25.2. The van der Waals surface area contributed by atoms with Gasteiger partial charge in [0.1, 0.15) is 11.6 Å². The highest BCUT2D eigenvalue weighted by molar-refractivity contribution is 7.98. The van der Waals surface area contributed by atoms with E-state index in [1.807, 2.05) is 0 Å². The van der Waals surface area contributed by atoms with Crippen LogP contribution in [0.25, 0.3) is 0 Å². The van der Waals surface area contributed by atoms with E-state index in [4.69, 9.17) is 5.11 Å². The molecule has 0 aliphatic carbocycles. The van der Waals surface area contributed by atoms with Crippen molar-refractivity contribution in [3.63, 3.8) is 0 Å². The van der Waals surface area contributed by atoms with E-state index in [-0.39, 0.29) is 4.90 Å². The van der Waals surface area contributed by atoms with Crippen molar-refractivity contribution in [3.8, 4) is 5.75 Å². The second-order valence-electron chi connectivity index (χ2n) is 4.45. The van der Waals surface area contributed by atoms with Gasteiger partial charge in [0.2, 0.25) is 0 Å². The van der Waals surface area contributed by atoms with E-state index in [1.165, 1.54) is 19.3 Å². The van der Waals surface area contributed by atoms with Crippen molar-refractivity contribution >= 4 is 17.5 Å². The summed E-state index contributed by atoms with van der Waals surface area (Å²) >= 11 is 1.09. The summed E-state index contributed by atoms with van der Waals surface area (Å²) in [5.41, 5.74) is 0. The molecule has 5 heteroatoms. The largest absolute Gasteiger partial charge is 0.505 e. The van der Waals surface area contributed by atoms with Gasteiger partial charge in [-0.1, -0.05) is 26.2 Å². The predicted molar refractivity (Wildman–Crippen MR) is 79.2 cm³/mol. The van der Waals surface area contributed by atoms with E-state index < -0.39 is 17.4 Å². The molecular weight excluding hydrogens is 282 g/mol. The Bertz CT molecular complexity index is 423. The fourth-order valence-corrected chi connectivity index (χ4v) is 1.95. The third-order valence-electron chi connectivity index (χ3n) is 2.60. The predicted octanol–water partition coefficient (Wildman–Crippen LogP) is 4.94. The van der Waals surface area contributed by atoms with Crippen LogP contribution in [-0.2, 0) is 4.79 Å². The number of Topliss-reactive ketones (excluding diaryl/α,β-unsaturated/α-hetero) is 1. The Morgan fingerprint density at radius 1 is 1.20 bits per heavy atom. The fraction of sp³-hybridized carbons (Fsp3) is 0.533. The number of aromatic hydroxyl groups is 1. The molecule has 0 spiro atoms. The topological polar surface area (TPSA) is 37.3 Å². The molecule has 0 heterocycles. The highest BCUT2D eigenvalue weighted by Crippen LogP contribution is 2.25. The van der Waals surface area contributed by atoms with E-state index in [0.717, 1.165) is 36.7 Å². The van der Waals surface area contributed by atoms with Crippen molar-refractivity contribution in [1.29, 1.82) is 0 Å². The Kier molecular flexibility index (Phi) is 10.1. The maximum atomic E-state index is 12.7. The quantitative estimate of drug-likeness (QED) is 0.597. The van der Waals surface area contributed by atoms with Crippen LogP contribution in [0, 0.1) is 11.6 Å². The molecule has 0 saturated carbocycles. The number of hydrogen-bond acceptors (Lipinski definition) is 3. The van der Waals surface area contributed by atoms with Crippen LogP contribution in [-0.4, -0.2) is 17.1 Å². The van der Waals surface area contributed by atoms with Crippen LogP contribution in [0.4, 0.5) is 8.78 Å². The second-order valence-corrected chi connectivity index (χ2v) is 5.30. The number of ketones is 1. The maximum absolute atomic E-state index is 12.7. The zero-order valence-electron chi connectivity index (χ0n) is 12.2. The Morgan fingerprint density at radius 3 is 2.35 bits per heavy atom. The minimum atomic E-state index is -0.796. The third-order valence-corrected chi connectivity index (χ3v) is 3.36. The summed E-state index contributed by atoms with van der Waals surface area (Å²) in [5, 5.41) is 8.70. The van der Waals surface area contributed by atoms with Crippen molar-refractivity contribution < 1.29 is 18.7 Å². The second kappa shape index (κ2) is 10.7. The normalized spacial score (nSPS) is 9.85. The molecule has 114 valence electrons. The molecule has 0 unspecified atom stereocenters. The van der Waals surface area contributed by atoms with Crippen LogP contribution in [0.2, 0.25) is 0 Å². The number of hydrogen-bond donors (Lipinski definition) is 1. The first-order valence-corrected chi connectivity index (χ1v) is 7.86. The number of carbonyl (C=O) groups excluding carboxylic acids is 1. The summed E-state index contributed by atoms with van der Waals surface area (Å²) in [5.74, 6) is -1.72. The van der Waals surface area contributed by atoms with Crippen LogP contribution in [0.3, 0.4) is 0 Å². The molecule has 0 saturated heterocycles. The van der Waals surface area contributed by atoms with Crippen LogP contribution in [0.1, 0.15) is 46.0 Å². The average molecular weight is 304 g/mol. The molecule has 20 heavy (non-hydrogen) atoms. The van der Waals surface area contributed by atoms with Crippen LogP contribution < -0.4 is 0 Å². The van der Waals surface area contributed by atoms with Crippen molar-refractivity contribution in [2.24, 2.45) is 0 Å². The van der Waals surface area contributed by atoms with Gasteiger partial charge in [0.25, 0.3) is 0 Å². The maximum Gasteiger partial charge on any atom is 0.166 e. The summed E-state index contributed by atoms with van der Waals surface area (Å²) in [6, 6.07) is 1.73. The lowest BCUT2D eigenvalue weighted by molar-refractivity contribution is -0.117. The van der Waals surface area contributed by atoms with Gasteiger partial charge in [-0.3, -0.25) is 0 Å². The van der Waals surface area contributed by atoms with E-state index in [0.29, 0.717) is 5.78 Å². The van der Waals surface area contributed by atoms with Gasteiger partial charge in [0, 0.05) is 17.4 Å². The Hall–Kier alpha value is -1.10. The van der Waals surface area contributed by atoms with Gasteiger partial charge < -0.3 is 9.90 Å². The first-order valence-electron chi connectivity index (χ1n) is 6.63. The van der Waals surface area contributed by atoms with Crippen LogP contribution in [0.15, 0.2) is 17.0 Å². The molecule has 0 fully saturated rings. The lowest BCUT2D eigenvalue weighted by Gasteiger charge is -1.99. The zero-order valence-corrected chi connectivity index (χ0v) is 13.0. The molecule has 0 amide bonds. The van der Waals surface area contributed by atoms with Gasteiger partial charge >= 0.3 is 0 Å². The SMILES string of the molecule is CCCCCCC(C)=O.CSc1cc(F)c(O)cc1F. The number of carbonyl (C=O) groups is 1. The Morgan fingerprint density at radius 2 is 1.85 bits per heavy atom. The lowest BCUT2D eigenvalue weighted by Crippen LogP contribution is -1.88. The average Bonchev–Trinajstić information content (AvgIpc) is 2.39. The smallest absolute Gasteiger partial charge is 0.166 e. The van der Waals surface area contributed by atoms with Gasteiger partial charge in [-0.15, -0.1) is 11.8 Å². The number of rotatable bonds is 6. The Labute approximate surface area is 123 Å². The lowest BCUT2D eigenvalue weighted by atomic mass is 10.1. The first kappa shape index (κ1) is 18.9. The van der Waals surface area contributed by atoms with Crippen LogP contribution in [0.5, 0.6) is 5.75 Å². The zero-order chi connectivity index (χ0) is 15.5. The highest BCUT2D eigenvalue weighted by Gasteiger charge is 2.07. The minimum Gasteiger partial charge on any atom is -0.505 e. The van der Waals surface area contributed by atoms with E-state index in [2.05, 4.69) is 6.92 Å². The standard InChI is InChI=1S/C8H16O.C7H6F2OS/c1-3-4-5-6-7-8(2)9;1-11-7-3-4(8)6(10)2-5(7)9/h3-7H2,1-2H3;2-3,10H,1H3. The van der Waals surface area contributed by atoms with Gasteiger partial charge in [-0.2, -0.15) is 0 Å². The number of thioether (sulfide) groups is 1. The van der Waals surface area contributed by atoms with Gasteiger partial charge in [0.15, 0.2) is 11.6 Å². The summed E-state index contributed by atoms with van der Waals surface area (Å²) in [6.45, 7) is 3.83. The minimum absolute atomic E-state index is 0.195. The van der Waals surface area contributed by atoms with Gasteiger partial charge in [-0.25, -0.2) is 8.78 Å². The molecule has 0 atom stereocenters. The fourth-order valence-electron chi connectivity index (χ4n) is 1.48. The Balaban J connectivity index is 0.000000370. The van der Waals surface area contributed by atoms with E-state index in [1.54, 1.807) is 13.2 Å². The number of phenols is 1. The summed E-state index contributed by atoms with van der Waals surface area (Å²) in [6.07, 6.45) is 7.24. The molecule has 0 radical (unpaired) electrons. The van der Waals surface area contributed by atoms with Crippen molar-refractivity contribution in [1.82, 2.24) is 0 Å². The molecular formula is C15H22F2O2S. The number of phenolic OH excluding ortho intramolecular Hbond substituents is 1. The monoisotopic (exact) mass is 304 g/mol. The van der Waals surface area contributed by atoms with Crippen molar-refractivity contribution in [3.05, 3.63) is 23.8 Å². The molecule has 2 nitrogen and oxygen atoms in total. The van der Waals surface area contributed by atoms with Crippen molar-refractivity contribution in [2.75, 3.05) is 6.26 Å². The number of halogens is 2. The van der Waals surface area contributed by atoms with Crippen LogP contribution >= 0.6 is 11.8 Å². The number of benzene rings is 1. The molecule has 1 N–H and O–H groups in total. The summed E-state index contributed by atoms with van der Waals surface area (Å²) in [7, 11) is 0.